The minimum absolute atomic E-state index is 0.00465. The Hall–Kier alpha value is -2.44. The molecule has 6 heteroatoms. The van der Waals surface area contributed by atoms with Crippen molar-refractivity contribution in [3.63, 3.8) is 0 Å². The van der Waals surface area contributed by atoms with Gasteiger partial charge >= 0.3 is 0 Å². The van der Waals surface area contributed by atoms with Crippen LogP contribution in [0.1, 0.15) is 49.2 Å². The fraction of sp³-hybridized carbons (Fsp3) is 0.462. The van der Waals surface area contributed by atoms with Crippen molar-refractivity contribution >= 4 is 32.6 Å². The number of piperazine rings is 1. The second kappa shape index (κ2) is 9.59. The van der Waals surface area contributed by atoms with Gasteiger partial charge in [0.15, 0.2) is 5.13 Å². The Morgan fingerprint density at radius 2 is 1.78 bits per heavy atom. The number of hydrogen-bond acceptors (Lipinski definition) is 5. The number of aryl methyl sites for hydroxylation is 1. The van der Waals surface area contributed by atoms with Crippen LogP contribution in [0.5, 0.6) is 0 Å². The Balaban J connectivity index is 1.23. The van der Waals surface area contributed by atoms with Crippen LogP contribution in [-0.4, -0.2) is 55.1 Å². The summed E-state index contributed by atoms with van der Waals surface area (Å²) in [5.74, 6) is 0.00465. The number of anilines is 1. The molecule has 0 atom stereocenters. The SMILES string of the molecule is CCc1ccc2nc(N3CCN(CCNC(=O)c4ccc(C(C)(C)C)cc4)CC3)sc2c1. The van der Waals surface area contributed by atoms with E-state index in [0.717, 1.165) is 55.4 Å². The van der Waals surface area contributed by atoms with Crippen molar-refractivity contribution in [2.24, 2.45) is 0 Å². The van der Waals surface area contributed by atoms with Gasteiger partial charge < -0.3 is 10.2 Å². The van der Waals surface area contributed by atoms with Gasteiger partial charge in [-0.3, -0.25) is 9.69 Å². The number of carbonyl (C=O) groups excluding carboxylic acids is 1. The van der Waals surface area contributed by atoms with Crippen molar-refractivity contribution in [3.8, 4) is 0 Å². The summed E-state index contributed by atoms with van der Waals surface area (Å²) in [6.45, 7) is 14.2. The molecule has 4 rings (SSSR count). The first-order valence-corrected chi connectivity index (χ1v) is 12.4. The molecule has 1 amide bonds. The first kappa shape index (κ1) is 22.7. The van der Waals surface area contributed by atoms with Crippen molar-refractivity contribution in [1.29, 1.82) is 0 Å². The third-order valence-electron chi connectivity index (χ3n) is 6.22. The van der Waals surface area contributed by atoms with Crippen LogP contribution in [-0.2, 0) is 11.8 Å². The van der Waals surface area contributed by atoms with Crippen LogP contribution in [0.15, 0.2) is 42.5 Å². The smallest absolute Gasteiger partial charge is 0.251 e. The van der Waals surface area contributed by atoms with Crippen LogP contribution in [0.25, 0.3) is 10.2 Å². The summed E-state index contributed by atoms with van der Waals surface area (Å²) in [5, 5.41) is 4.20. The number of hydrogen-bond donors (Lipinski definition) is 1. The van der Waals surface area contributed by atoms with E-state index < -0.39 is 0 Å². The first-order valence-electron chi connectivity index (χ1n) is 11.6. The standard InChI is InChI=1S/C26H34N4OS/c1-5-19-6-11-22-23(18-19)32-25(28-22)30-16-14-29(15-17-30)13-12-27-24(31)20-7-9-21(10-8-20)26(2,3)4/h6-11,18H,5,12-17H2,1-4H3,(H,27,31). The minimum Gasteiger partial charge on any atom is -0.351 e. The molecule has 1 aliphatic heterocycles. The predicted molar refractivity (Wildman–Crippen MR) is 135 cm³/mol. The Labute approximate surface area is 195 Å². The summed E-state index contributed by atoms with van der Waals surface area (Å²) in [6, 6.07) is 14.6. The molecule has 1 N–H and O–H groups in total. The predicted octanol–water partition coefficient (Wildman–Crippen LogP) is 4.71. The molecule has 5 nitrogen and oxygen atoms in total. The van der Waals surface area contributed by atoms with Crippen molar-refractivity contribution in [2.75, 3.05) is 44.2 Å². The van der Waals surface area contributed by atoms with Crippen molar-refractivity contribution in [3.05, 3.63) is 59.2 Å². The molecule has 0 aliphatic carbocycles. The monoisotopic (exact) mass is 450 g/mol. The van der Waals surface area contributed by atoms with E-state index in [1.165, 1.54) is 15.8 Å². The Morgan fingerprint density at radius 1 is 1.06 bits per heavy atom. The fourth-order valence-electron chi connectivity index (χ4n) is 4.03. The lowest BCUT2D eigenvalue weighted by Crippen LogP contribution is -2.48. The maximum absolute atomic E-state index is 12.5. The molecule has 170 valence electrons. The number of carbonyl (C=O) groups is 1. The number of nitrogens with one attached hydrogen (secondary N) is 1. The Morgan fingerprint density at radius 3 is 2.44 bits per heavy atom. The highest BCUT2D eigenvalue weighted by molar-refractivity contribution is 7.22. The average Bonchev–Trinajstić information content (AvgIpc) is 3.22. The van der Waals surface area contributed by atoms with Crippen LogP contribution in [0, 0.1) is 0 Å². The van der Waals surface area contributed by atoms with Crippen molar-refractivity contribution < 1.29 is 4.79 Å². The molecule has 0 unspecified atom stereocenters. The zero-order valence-electron chi connectivity index (χ0n) is 19.6. The zero-order valence-corrected chi connectivity index (χ0v) is 20.5. The lowest BCUT2D eigenvalue weighted by atomic mass is 9.87. The summed E-state index contributed by atoms with van der Waals surface area (Å²) < 4.78 is 1.28. The second-order valence-corrected chi connectivity index (χ2v) is 10.6. The number of aromatic nitrogens is 1. The topological polar surface area (TPSA) is 48.5 Å². The Kier molecular flexibility index (Phi) is 6.82. The second-order valence-electron chi connectivity index (χ2n) is 9.56. The van der Waals surface area contributed by atoms with E-state index in [1.807, 2.05) is 12.1 Å². The quantitative estimate of drug-likeness (QED) is 0.591. The molecule has 0 spiro atoms. The molecule has 0 saturated carbocycles. The maximum Gasteiger partial charge on any atom is 0.251 e. The molecule has 32 heavy (non-hydrogen) atoms. The van der Waals surface area contributed by atoms with Gasteiger partial charge in [-0.1, -0.05) is 57.2 Å². The summed E-state index contributed by atoms with van der Waals surface area (Å²) in [6.07, 6.45) is 1.06. The van der Waals surface area contributed by atoms with Gasteiger partial charge in [-0.25, -0.2) is 4.98 Å². The largest absolute Gasteiger partial charge is 0.351 e. The molecule has 1 saturated heterocycles. The normalized spacial score (nSPS) is 15.3. The maximum atomic E-state index is 12.5. The molecular weight excluding hydrogens is 416 g/mol. The highest BCUT2D eigenvalue weighted by atomic mass is 32.1. The van der Waals surface area contributed by atoms with E-state index in [9.17, 15) is 4.79 Å². The van der Waals surface area contributed by atoms with E-state index in [4.69, 9.17) is 4.98 Å². The molecule has 0 radical (unpaired) electrons. The fourth-order valence-corrected chi connectivity index (χ4v) is 5.11. The molecule has 1 aromatic heterocycles. The first-order chi connectivity index (χ1) is 15.3. The number of benzene rings is 2. The molecule has 1 aliphatic rings. The molecular formula is C26H34N4OS. The lowest BCUT2D eigenvalue weighted by Gasteiger charge is -2.34. The third kappa shape index (κ3) is 5.30. The van der Waals surface area contributed by atoms with Gasteiger partial charge in [-0.15, -0.1) is 0 Å². The third-order valence-corrected chi connectivity index (χ3v) is 7.30. The Bertz CT molecular complexity index is 1060. The molecule has 0 bridgehead atoms. The van der Waals surface area contributed by atoms with Gasteiger partial charge in [0.05, 0.1) is 10.2 Å². The summed E-state index contributed by atoms with van der Waals surface area (Å²) in [4.78, 5) is 22.1. The van der Waals surface area contributed by atoms with Crippen LogP contribution < -0.4 is 10.2 Å². The number of fused-ring (bicyclic) bond motifs is 1. The van der Waals surface area contributed by atoms with E-state index in [2.05, 4.69) is 73.1 Å². The van der Waals surface area contributed by atoms with Crippen LogP contribution >= 0.6 is 11.3 Å². The van der Waals surface area contributed by atoms with Gasteiger partial charge in [0.25, 0.3) is 5.91 Å². The zero-order chi connectivity index (χ0) is 22.7. The van der Waals surface area contributed by atoms with E-state index >= 15 is 0 Å². The van der Waals surface area contributed by atoms with Crippen LogP contribution in [0.3, 0.4) is 0 Å². The van der Waals surface area contributed by atoms with Crippen molar-refractivity contribution in [2.45, 2.75) is 39.5 Å². The molecule has 2 aromatic carbocycles. The van der Waals surface area contributed by atoms with Gasteiger partial charge in [-0.05, 0) is 47.2 Å². The van der Waals surface area contributed by atoms with Gasteiger partial charge in [0, 0.05) is 44.8 Å². The van der Waals surface area contributed by atoms with Crippen molar-refractivity contribution in [1.82, 2.24) is 15.2 Å². The number of thiazole rings is 1. The molecule has 2 heterocycles. The lowest BCUT2D eigenvalue weighted by molar-refractivity contribution is 0.0947. The highest BCUT2D eigenvalue weighted by Crippen LogP contribution is 2.30. The van der Waals surface area contributed by atoms with E-state index in [-0.39, 0.29) is 11.3 Å². The highest BCUT2D eigenvalue weighted by Gasteiger charge is 2.20. The van der Waals surface area contributed by atoms with E-state index in [0.29, 0.717) is 6.54 Å². The van der Waals surface area contributed by atoms with Crippen LogP contribution in [0.4, 0.5) is 5.13 Å². The average molecular weight is 451 g/mol. The van der Waals surface area contributed by atoms with Gasteiger partial charge in [0.1, 0.15) is 0 Å². The van der Waals surface area contributed by atoms with E-state index in [1.54, 1.807) is 11.3 Å². The summed E-state index contributed by atoms with van der Waals surface area (Å²) >= 11 is 1.80. The van der Waals surface area contributed by atoms with Gasteiger partial charge in [-0.2, -0.15) is 0 Å². The number of nitrogens with zero attached hydrogens (tertiary/aromatic N) is 3. The minimum atomic E-state index is 0.00465. The molecule has 1 fully saturated rings. The number of amides is 1. The molecule has 3 aromatic rings. The summed E-state index contributed by atoms with van der Waals surface area (Å²) in [7, 11) is 0. The number of rotatable bonds is 6. The van der Waals surface area contributed by atoms with Gasteiger partial charge in [0.2, 0.25) is 0 Å². The van der Waals surface area contributed by atoms with Crippen LogP contribution in [0.2, 0.25) is 0 Å². The summed E-state index contributed by atoms with van der Waals surface area (Å²) in [5.41, 5.74) is 4.53.